The molecule has 126 valence electrons. The van der Waals surface area contributed by atoms with Gasteiger partial charge in [0.2, 0.25) is 15.9 Å². The molecular weight excluding hydrogens is 318 g/mol. The normalized spacial score (nSPS) is 18.5. The number of hydrogen-bond acceptors (Lipinski definition) is 4. The largest absolute Gasteiger partial charge is 0.357 e. The summed E-state index contributed by atoms with van der Waals surface area (Å²) in [5.74, 6) is -0.525. The van der Waals surface area contributed by atoms with Crippen LogP contribution in [0.2, 0.25) is 0 Å². The first-order chi connectivity index (χ1) is 10.9. The van der Waals surface area contributed by atoms with Crippen LogP contribution in [0.4, 0.5) is 0 Å². The molecule has 0 unspecified atom stereocenters. The minimum atomic E-state index is -3.62. The number of likely N-dealkylation sites (tertiary alicyclic amines) is 1. The highest BCUT2D eigenvalue weighted by Gasteiger charge is 2.32. The topological polar surface area (TPSA) is 95.6 Å². The summed E-state index contributed by atoms with van der Waals surface area (Å²) in [6.45, 7) is 0.486. The third-order valence-corrected chi connectivity index (χ3v) is 5.38. The van der Waals surface area contributed by atoms with Crippen molar-refractivity contribution in [2.45, 2.75) is 30.2 Å². The Morgan fingerprint density at radius 3 is 2.61 bits per heavy atom. The highest BCUT2D eigenvalue weighted by Crippen LogP contribution is 2.21. The molecule has 1 aliphatic heterocycles. The van der Waals surface area contributed by atoms with Gasteiger partial charge >= 0.3 is 0 Å². The standard InChI is InChI=1S/C15H21N3O4S/c1-16-14(19)13-8-3-4-9-18(13)15(20)11-6-5-7-12(10-11)23(21,22)17-2/h5-7,10,13,17H,3-4,8-9H2,1-2H3,(H,16,19)/t13-/m0/s1. The van der Waals surface area contributed by atoms with Gasteiger partial charge < -0.3 is 10.2 Å². The molecule has 7 nitrogen and oxygen atoms in total. The number of nitrogens with zero attached hydrogens (tertiary/aromatic N) is 1. The van der Waals surface area contributed by atoms with Crippen molar-refractivity contribution in [3.8, 4) is 0 Å². The van der Waals surface area contributed by atoms with Crippen LogP contribution in [0.3, 0.4) is 0 Å². The Labute approximate surface area is 136 Å². The first-order valence-corrected chi connectivity index (χ1v) is 8.95. The fraction of sp³-hybridized carbons (Fsp3) is 0.467. The number of piperidine rings is 1. The first-order valence-electron chi connectivity index (χ1n) is 7.47. The summed E-state index contributed by atoms with van der Waals surface area (Å²) < 4.78 is 26.0. The van der Waals surface area contributed by atoms with Crippen molar-refractivity contribution in [2.24, 2.45) is 0 Å². The van der Waals surface area contributed by atoms with Crippen LogP contribution in [0, 0.1) is 0 Å². The van der Waals surface area contributed by atoms with E-state index in [2.05, 4.69) is 10.0 Å². The zero-order valence-electron chi connectivity index (χ0n) is 13.2. The number of nitrogens with one attached hydrogen (secondary N) is 2. The summed E-state index contributed by atoms with van der Waals surface area (Å²) in [6.07, 6.45) is 2.32. The number of sulfonamides is 1. The first kappa shape index (κ1) is 17.4. The molecule has 0 bridgehead atoms. The highest BCUT2D eigenvalue weighted by atomic mass is 32.2. The Hall–Kier alpha value is -1.93. The molecule has 8 heteroatoms. The minimum absolute atomic E-state index is 0.0272. The van der Waals surface area contributed by atoms with Crippen LogP contribution in [0.15, 0.2) is 29.2 Å². The van der Waals surface area contributed by atoms with E-state index in [1.807, 2.05) is 0 Å². The van der Waals surface area contributed by atoms with Gasteiger partial charge in [0.05, 0.1) is 4.90 Å². The Balaban J connectivity index is 2.32. The zero-order valence-corrected chi connectivity index (χ0v) is 14.0. The lowest BCUT2D eigenvalue weighted by molar-refractivity contribution is -0.126. The third-order valence-electron chi connectivity index (χ3n) is 3.97. The van der Waals surface area contributed by atoms with Gasteiger partial charge in [-0.2, -0.15) is 0 Å². The van der Waals surface area contributed by atoms with E-state index in [0.29, 0.717) is 13.0 Å². The second-order valence-electron chi connectivity index (χ2n) is 5.36. The van der Waals surface area contributed by atoms with E-state index in [9.17, 15) is 18.0 Å². The van der Waals surface area contributed by atoms with Crippen molar-refractivity contribution in [1.82, 2.24) is 14.9 Å². The van der Waals surface area contributed by atoms with E-state index in [1.54, 1.807) is 13.1 Å². The number of hydrogen-bond donors (Lipinski definition) is 2. The van der Waals surface area contributed by atoms with Crippen molar-refractivity contribution in [3.05, 3.63) is 29.8 Å². The van der Waals surface area contributed by atoms with Crippen LogP contribution in [-0.4, -0.2) is 51.8 Å². The molecule has 1 saturated heterocycles. The van der Waals surface area contributed by atoms with Crippen molar-refractivity contribution >= 4 is 21.8 Å². The fourth-order valence-electron chi connectivity index (χ4n) is 2.69. The van der Waals surface area contributed by atoms with E-state index in [-0.39, 0.29) is 22.3 Å². The maximum Gasteiger partial charge on any atom is 0.254 e. The van der Waals surface area contributed by atoms with Crippen LogP contribution in [-0.2, 0) is 14.8 Å². The Morgan fingerprint density at radius 2 is 1.96 bits per heavy atom. The Bertz CT molecular complexity index is 702. The van der Waals surface area contributed by atoms with E-state index in [0.717, 1.165) is 12.8 Å². The maximum absolute atomic E-state index is 12.7. The van der Waals surface area contributed by atoms with Crippen LogP contribution in [0.5, 0.6) is 0 Å². The Kier molecular flexibility index (Phi) is 5.38. The van der Waals surface area contributed by atoms with Gasteiger partial charge in [0.15, 0.2) is 0 Å². The minimum Gasteiger partial charge on any atom is -0.357 e. The van der Waals surface area contributed by atoms with E-state index in [1.165, 1.54) is 30.1 Å². The number of likely N-dealkylation sites (N-methyl/N-ethyl adjacent to an activating group) is 1. The van der Waals surface area contributed by atoms with Crippen molar-refractivity contribution in [3.63, 3.8) is 0 Å². The van der Waals surface area contributed by atoms with Crippen LogP contribution >= 0.6 is 0 Å². The quantitative estimate of drug-likeness (QED) is 0.827. The second-order valence-corrected chi connectivity index (χ2v) is 7.25. The average molecular weight is 339 g/mol. The summed E-state index contributed by atoms with van der Waals surface area (Å²) in [4.78, 5) is 26.3. The average Bonchev–Trinajstić information content (AvgIpc) is 2.60. The van der Waals surface area contributed by atoms with Crippen LogP contribution in [0.1, 0.15) is 29.6 Å². The lowest BCUT2D eigenvalue weighted by atomic mass is 10.00. The summed E-state index contributed by atoms with van der Waals surface area (Å²) in [6, 6.07) is 5.34. The van der Waals surface area contributed by atoms with E-state index in [4.69, 9.17) is 0 Å². The van der Waals surface area contributed by atoms with E-state index >= 15 is 0 Å². The molecule has 1 heterocycles. The smallest absolute Gasteiger partial charge is 0.254 e. The van der Waals surface area contributed by atoms with Crippen LogP contribution in [0.25, 0.3) is 0 Å². The summed E-state index contributed by atoms with van der Waals surface area (Å²) >= 11 is 0. The molecule has 1 aromatic rings. The fourth-order valence-corrected chi connectivity index (χ4v) is 3.47. The van der Waals surface area contributed by atoms with Gasteiger partial charge in [0, 0.05) is 19.2 Å². The number of rotatable bonds is 4. The summed E-state index contributed by atoms with van der Waals surface area (Å²) in [5, 5.41) is 2.58. The molecule has 1 aliphatic rings. The van der Waals surface area contributed by atoms with Crippen molar-refractivity contribution in [1.29, 1.82) is 0 Å². The second kappa shape index (κ2) is 7.10. The van der Waals surface area contributed by atoms with Crippen molar-refractivity contribution < 1.29 is 18.0 Å². The van der Waals surface area contributed by atoms with Gasteiger partial charge in [0.1, 0.15) is 6.04 Å². The van der Waals surface area contributed by atoms with E-state index < -0.39 is 16.1 Å². The number of carbonyl (C=O) groups is 2. The molecule has 2 rings (SSSR count). The number of benzene rings is 1. The molecule has 0 aliphatic carbocycles. The molecule has 0 radical (unpaired) electrons. The predicted octanol–water partition coefficient (Wildman–Crippen LogP) is 0.335. The van der Waals surface area contributed by atoms with Gasteiger partial charge in [-0.05, 0) is 44.5 Å². The lowest BCUT2D eigenvalue weighted by Gasteiger charge is -2.34. The van der Waals surface area contributed by atoms with Gasteiger partial charge in [0.25, 0.3) is 5.91 Å². The zero-order chi connectivity index (χ0) is 17.0. The molecular formula is C15H21N3O4S. The Morgan fingerprint density at radius 1 is 1.22 bits per heavy atom. The maximum atomic E-state index is 12.7. The molecule has 2 N–H and O–H groups in total. The molecule has 23 heavy (non-hydrogen) atoms. The molecule has 0 saturated carbocycles. The molecule has 2 amide bonds. The SMILES string of the molecule is CNC(=O)[C@@H]1CCCCN1C(=O)c1cccc(S(=O)(=O)NC)c1. The predicted molar refractivity (Wildman–Crippen MR) is 85.4 cm³/mol. The molecule has 0 aromatic heterocycles. The van der Waals surface area contributed by atoms with Crippen LogP contribution < -0.4 is 10.0 Å². The van der Waals surface area contributed by atoms with Gasteiger partial charge in [-0.3, -0.25) is 9.59 Å². The lowest BCUT2D eigenvalue weighted by Crippen LogP contribution is -2.51. The number of amides is 2. The molecule has 1 atom stereocenters. The number of carbonyl (C=O) groups excluding carboxylic acids is 2. The highest BCUT2D eigenvalue weighted by molar-refractivity contribution is 7.89. The van der Waals surface area contributed by atoms with Crippen molar-refractivity contribution in [2.75, 3.05) is 20.6 Å². The van der Waals surface area contributed by atoms with Gasteiger partial charge in [-0.1, -0.05) is 6.07 Å². The monoisotopic (exact) mass is 339 g/mol. The molecule has 1 aromatic carbocycles. The van der Waals surface area contributed by atoms with Gasteiger partial charge in [-0.25, -0.2) is 13.1 Å². The third kappa shape index (κ3) is 3.70. The molecule has 0 spiro atoms. The van der Waals surface area contributed by atoms with Gasteiger partial charge in [-0.15, -0.1) is 0 Å². The molecule has 1 fully saturated rings. The summed E-state index contributed by atoms with van der Waals surface area (Å²) in [5.41, 5.74) is 0.261. The summed E-state index contributed by atoms with van der Waals surface area (Å²) in [7, 11) is -0.763.